The molecule has 1 N–H and O–H groups in total. The summed E-state index contributed by atoms with van der Waals surface area (Å²) in [6.45, 7) is 1.64. The molecule has 0 radical (unpaired) electrons. The normalized spacial score (nSPS) is 17.7. The van der Waals surface area contributed by atoms with Gasteiger partial charge in [0.15, 0.2) is 0 Å². The molecule has 166 valence electrons. The second-order valence-electron chi connectivity index (χ2n) is 6.83. The first-order chi connectivity index (χ1) is 14.4. The highest BCUT2D eigenvalue weighted by molar-refractivity contribution is 7.91. The first-order valence-corrected chi connectivity index (χ1v) is 10.3. The summed E-state index contributed by atoms with van der Waals surface area (Å²) in [6, 6.07) is 3.78. The average Bonchev–Trinajstić information content (AvgIpc) is 3.23. The van der Waals surface area contributed by atoms with Crippen molar-refractivity contribution in [2.45, 2.75) is 30.6 Å². The number of hydrogen-bond donors (Lipinski definition) is 1. The molecule has 1 aliphatic rings. The number of alkyl halides is 6. The van der Waals surface area contributed by atoms with Crippen LogP contribution in [0.25, 0.3) is 10.9 Å². The van der Waals surface area contributed by atoms with E-state index in [4.69, 9.17) is 0 Å². The standard InChI is InChI=1S/C18H15F6N5OS/c1-3-31(30)15-10-5-4-9(17(19,20)21)6-11(10)27-29(15)16-26-12-7-14(18(22,23)24)25-8-13(12)28(16)2/h4-8,16,26H,3H2,1-2H3. The minimum atomic E-state index is -4.64. The Morgan fingerprint density at radius 3 is 2.45 bits per heavy atom. The van der Waals surface area contributed by atoms with E-state index in [-0.39, 0.29) is 27.4 Å². The molecule has 31 heavy (non-hydrogen) atoms. The number of benzene rings is 1. The van der Waals surface area contributed by atoms with E-state index in [1.807, 2.05) is 0 Å². The van der Waals surface area contributed by atoms with Crippen molar-refractivity contribution in [3.8, 4) is 0 Å². The number of halogens is 6. The third-order valence-electron chi connectivity index (χ3n) is 4.89. The van der Waals surface area contributed by atoms with Gasteiger partial charge in [-0.1, -0.05) is 0 Å². The highest BCUT2D eigenvalue weighted by Crippen LogP contribution is 2.42. The van der Waals surface area contributed by atoms with E-state index in [0.717, 1.165) is 24.4 Å². The Labute approximate surface area is 175 Å². The maximum Gasteiger partial charge on any atom is 0.433 e. The van der Waals surface area contributed by atoms with E-state index in [1.54, 1.807) is 14.0 Å². The van der Waals surface area contributed by atoms with Crippen LogP contribution < -0.4 is 10.2 Å². The minimum absolute atomic E-state index is 0.0214. The molecular weight excluding hydrogens is 448 g/mol. The summed E-state index contributed by atoms with van der Waals surface area (Å²) in [5.74, 6) is 0.172. The monoisotopic (exact) mass is 463 g/mol. The van der Waals surface area contributed by atoms with Crippen molar-refractivity contribution in [1.29, 1.82) is 0 Å². The van der Waals surface area contributed by atoms with Crippen molar-refractivity contribution in [1.82, 2.24) is 14.8 Å². The number of anilines is 2. The highest BCUT2D eigenvalue weighted by Gasteiger charge is 2.38. The van der Waals surface area contributed by atoms with Crippen LogP contribution in [0.3, 0.4) is 0 Å². The van der Waals surface area contributed by atoms with Gasteiger partial charge in [0.2, 0.25) is 6.29 Å². The smallest absolute Gasteiger partial charge is 0.433 e. The Bertz CT molecular complexity index is 1140. The Kier molecular flexibility index (Phi) is 5.00. The molecule has 1 aliphatic heterocycles. The molecule has 2 unspecified atom stereocenters. The van der Waals surface area contributed by atoms with Gasteiger partial charge in [-0.15, -0.1) is 0 Å². The lowest BCUT2D eigenvalue weighted by Crippen LogP contribution is -2.32. The molecule has 4 rings (SSSR count). The fourth-order valence-electron chi connectivity index (χ4n) is 3.38. The van der Waals surface area contributed by atoms with Crippen LogP contribution in [0, 0.1) is 0 Å². The summed E-state index contributed by atoms with van der Waals surface area (Å²) in [7, 11) is 1.56. The summed E-state index contributed by atoms with van der Waals surface area (Å²) in [5, 5.41) is 7.53. The van der Waals surface area contributed by atoms with Gasteiger partial charge in [-0.2, -0.15) is 36.1 Å². The van der Waals surface area contributed by atoms with Gasteiger partial charge in [-0.05, 0) is 31.2 Å². The van der Waals surface area contributed by atoms with Crippen LogP contribution in [0.2, 0.25) is 0 Å². The van der Waals surface area contributed by atoms with E-state index in [9.17, 15) is 30.9 Å². The Balaban J connectivity index is 1.83. The molecule has 0 saturated heterocycles. The van der Waals surface area contributed by atoms with Crippen molar-refractivity contribution in [2.24, 2.45) is 0 Å². The highest BCUT2D eigenvalue weighted by atomic mass is 32.2. The number of fused-ring (bicyclic) bond motifs is 2. The summed E-state index contributed by atoms with van der Waals surface area (Å²) >= 11 is -1.61. The number of pyridine rings is 1. The minimum Gasteiger partial charge on any atom is -0.610 e. The second kappa shape index (κ2) is 7.19. The maximum atomic E-state index is 13.1. The van der Waals surface area contributed by atoms with Crippen LogP contribution in [-0.4, -0.2) is 32.1 Å². The molecule has 0 fully saturated rings. The predicted molar refractivity (Wildman–Crippen MR) is 102 cm³/mol. The zero-order chi connectivity index (χ0) is 22.7. The zero-order valence-corrected chi connectivity index (χ0v) is 16.9. The molecule has 0 bridgehead atoms. The molecule has 2 aromatic heterocycles. The van der Waals surface area contributed by atoms with Crippen LogP contribution in [0.15, 0.2) is 35.5 Å². The lowest BCUT2D eigenvalue weighted by atomic mass is 10.1. The molecule has 13 heteroatoms. The molecular formula is C18H15F6N5OS. The van der Waals surface area contributed by atoms with Gasteiger partial charge in [0.05, 0.1) is 34.0 Å². The summed E-state index contributed by atoms with van der Waals surface area (Å²) < 4.78 is 92.3. The Morgan fingerprint density at radius 2 is 1.84 bits per heavy atom. The van der Waals surface area contributed by atoms with Crippen molar-refractivity contribution >= 4 is 33.5 Å². The molecule has 1 aromatic carbocycles. The Morgan fingerprint density at radius 1 is 1.13 bits per heavy atom. The summed E-state index contributed by atoms with van der Waals surface area (Å²) in [5.41, 5.74) is -1.56. The molecule has 0 aliphatic carbocycles. The van der Waals surface area contributed by atoms with E-state index >= 15 is 0 Å². The van der Waals surface area contributed by atoms with Crippen LogP contribution >= 0.6 is 0 Å². The van der Waals surface area contributed by atoms with Crippen molar-refractivity contribution in [3.63, 3.8) is 0 Å². The van der Waals surface area contributed by atoms with Crippen molar-refractivity contribution in [3.05, 3.63) is 41.7 Å². The number of aromatic nitrogens is 3. The lowest BCUT2D eigenvalue weighted by Gasteiger charge is -2.23. The van der Waals surface area contributed by atoms with E-state index in [1.165, 1.54) is 15.6 Å². The van der Waals surface area contributed by atoms with Crippen LogP contribution in [0.4, 0.5) is 37.7 Å². The van der Waals surface area contributed by atoms with Gasteiger partial charge in [0.1, 0.15) is 11.4 Å². The van der Waals surface area contributed by atoms with Gasteiger partial charge in [-0.25, -0.2) is 4.98 Å². The van der Waals surface area contributed by atoms with E-state index in [2.05, 4.69) is 15.4 Å². The first-order valence-electron chi connectivity index (χ1n) is 8.96. The van der Waals surface area contributed by atoms with Crippen LogP contribution in [-0.2, 0) is 23.5 Å². The van der Waals surface area contributed by atoms with Gasteiger partial charge in [0.25, 0.3) is 5.03 Å². The second-order valence-corrected chi connectivity index (χ2v) is 8.48. The van der Waals surface area contributed by atoms with Crippen molar-refractivity contribution in [2.75, 3.05) is 23.0 Å². The SMILES string of the molecule is CC[S+]([O-])c1c2ccc(C(F)(F)F)cc2nn1C1Nc2cc(C(F)(F)F)ncc2N1C. The maximum absolute atomic E-state index is 13.1. The Hall–Kier alpha value is -2.67. The molecule has 0 saturated carbocycles. The molecule has 3 heterocycles. The molecule has 6 nitrogen and oxygen atoms in total. The molecule has 3 aromatic rings. The quantitative estimate of drug-likeness (QED) is 0.454. The van der Waals surface area contributed by atoms with Gasteiger partial charge in [-0.3, -0.25) is 0 Å². The average molecular weight is 463 g/mol. The molecule has 0 amide bonds. The number of hydrogen-bond acceptors (Lipinski definition) is 5. The summed E-state index contributed by atoms with van der Waals surface area (Å²) in [6.07, 6.45) is -9.09. The number of rotatable bonds is 3. The largest absolute Gasteiger partial charge is 0.610 e. The van der Waals surface area contributed by atoms with Crippen LogP contribution in [0.5, 0.6) is 0 Å². The topological polar surface area (TPSA) is 69.0 Å². The first kappa shape index (κ1) is 21.6. The third kappa shape index (κ3) is 3.65. The lowest BCUT2D eigenvalue weighted by molar-refractivity contribution is -0.141. The van der Waals surface area contributed by atoms with Gasteiger partial charge >= 0.3 is 12.4 Å². The van der Waals surface area contributed by atoms with Crippen molar-refractivity contribution < 1.29 is 30.9 Å². The van der Waals surface area contributed by atoms with E-state index < -0.39 is 41.1 Å². The molecule has 2 atom stereocenters. The van der Waals surface area contributed by atoms with Gasteiger partial charge in [0, 0.05) is 18.2 Å². The fraction of sp³-hybridized carbons (Fsp3) is 0.333. The number of nitrogens with one attached hydrogen (secondary N) is 1. The molecule has 0 spiro atoms. The third-order valence-corrected chi connectivity index (χ3v) is 6.26. The zero-order valence-electron chi connectivity index (χ0n) is 16.0. The van der Waals surface area contributed by atoms with Crippen LogP contribution in [0.1, 0.15) is 24.5 Å². The van der Waals surface area contributed by atoms with E-state index in [0.29, 0.717) is 5.69 Å². The summed E-state index contributed by atoms with van der Waals surface area (Å²) in [4.78, 5) is 4.96. The fourth-order valence-corrected chi connectivity index (χ4v) is 4.42. The van der Waals surface area contributed by atoms with Gasteiger partial charge < -0.3 is 14.8 Å². The number of nitrogens with zero attached hydrogens (tertiary/aromatic N) is 4. The predicted octanol–water partition coefficient (Wildman–Crippen LogP) is 4.61.